The van der Waals surface area contributed by atoms with Gasteiger partial charge < -0.3 is 14.7 Å². The van der Waals surface area contributed by atoms with Crippen LogP contribution in [0.1, 0.15) is 36.8 Å². The molecule has 1 aliphatic heterocycles. The first kappa shape index (κ1) is 18.5. The number of aromatic nitrogens is 2. The molecule has 1 atom stereocenters. The van der Waals surface area contributed by atoms with Gasteiger partial charge in [0.2, 0.25) is 11.7 Å². The molecule has 1 N–H and O–H groups in total. The summed E-state index contributed by atoms with van der Waals surface area (Å²) >= 11 is 6.05. The Morgan fingerprint density at radius 2 is 2.04 bits per heavy atom. The summed E-state index contributed by atoms with van der Waals surface area (Å²) in [6.07, 6.45) is 2.78. The van der Waals surface area contributed by atoms with E-state index in [1.165, 1.54) is 0 Å². The van der Waals surface area contributed by atoms with Crippen LogP contribution in [0.5, 0.6) is 0 Å². The molecule has 1 aliphatic rings. The number of nitrogens with zero attached hydrogens (tertiary/aromatic N) is 3. The third-order valence-electron chi connectivity index (χ3n) is 4.86. The summed E-state index contributed by atoms with van der Waals surface area (Å²) < 4.78 is 5.52. The maximum Gasteiger partial charge on any atom is 0.318 e. The van der Waals surface area contributed by atoms with Gasteiger partial charge in [0.05, 0.1) is 0 Å². The second-order valence-corrected chi connectivity index (χ2v) is 7.25. The van der Waals surface area contributed by atoms with Crippen molar-refractivity contribution in [3.05, 3.63) is 71.1 Å². The minimum absolute atomic E-state index is 0.115. The summed E-state index contributed by atoms with van der Waals surface area (Å²) in [6.45, 7) is 1.15. The SMILES string of the molecule is O=C(NCc1ccccc1)N1CCCCC1c1nc(-c2cccc(Cl)c2)no1. The Hall–Kier alpha value is -2.86. The van der Waals surface area contributed by atoms with Gasteiger partial charge in [-0.2, -0.15) is 4.98 Å². The van der Waals surface area contributed by atoms with Crippen molar-refractivity contribution in [2.24, 2.45) is 0 Å². The lowest BCUT2D eigenvalue weighted by Gasteiger charge is -2.33. The van der Waals surface area contributed by atoms with Crippen molar-refractivity contribution < 1.29 is 9.32 Å². The lowest BCUT2D eigenvalue weighted by Crippen LogP contribution is -2.44. The normalized spacial score (nSPS) is 16.8. The smallest absolute Gasteiger partial charge is 0.318 e. The van der Waals surface area contributed by atoms with Gasteiger partial charge in [-0.15, -0.1) is 0 Å². The van der Waals surface area contributed by atoms with Crippen molar-refractivity contribution in [1.82, 2.24) is 20.4 Å². The lowest BCUT2D eigenvalue weighted by molar-refractivity contribution is 0.131. The van der Waals surface area contributed by atoms with E-state index in [4.69, 9.17) is 16.1 Å². The van der Waals surface area contributed by atoms with E-state index in [9.17, 15) is 4.79 Å². The molecule has 3 aromatic rings. The number of rotatable bonds is 4. The van der Waals surface area contributed by atoms with Gasteiger partial charge in [0.1, 0.15) is 6.04 Å². The number of carbonyl (C=O) groups excluding carboxylic acids is 1. The van der Waals surface area contributed by atoms with Gasteiger partial charge in [-0.05, 0) is 37.0 Å². The molecule has 4 rings (SSSR count). The highest BCUT2D eigenvalue weighted by molar-refractivity contribution is 6.30. The number of hydrogen-bond donors (Lipinski definition) is 1. The Morgan fingerprint density at radius 1 is 1.18 bits per heavy atom. The largest absolute Gasteiger partial charge is 0.337 e. The fraction of sp³-hybridized carbons (Fsp3) is 0.286. The molecule has 0 spiro atoms. The number of likely N-dealkylation sites (tertiary alicyclic amines) is 1. The lowest BCUT2D eigenvalue weighted by atomic mass is 10.0. The van der Waals surface area contributed by atoms with Gasteiger partial charge in [-0.25, -0.2) is 4.79 Å². The number of hydrogen-bond acceptors (Lipinski definition) is 4. The van der Waals surface area contributed by atoms with Crippen LogP contribution in [0.25, 0.3) is 11.4 Å². The van der Waals surface area contributed by atoms with Crippen molar-refractivity contribution in [2.45, 2.75) is 31.8 Å². The highest BCUT2D eigenvalue weighted by Crippen LogP contribution is 2.31. The maximum absolute atomic E-state index is 12.8. The van der Waals surface area contributed by atoms with E-state index in [0.29, 0.717) is 29.8 Å². The van der Waals surface area contributed by atoms with Gasteiger partial charge in [0, 0.05) is 23.7 Å². The first-order valence-corrected chi connectivity index (χ1v) is 9.76. The molecular weight excluding hydrogens is 376 g/mol. The molecule has 1 aromatic heterocycles. The van der Waals surface area contributed by atoms with Crippen LogP contribution in [0.15, 0.2) is 59.1 Å². The predicted molar refractivity (Wildman–Crippen MR) is 107 cm³/mol. The maximum atomic E-state index is 12.8. The highest BCUT2D eigenvalue weighted by atomic mass is 35.5. The van der Waals surface area contributed by atoms with E-state index in [1.54, 1.807) is 17.0 Å². The Bertz CT molecular complexity index is 944. The van der Waals surface area contributed by atoms with Crippen LogP contribution in [0.2, 0.25) is 5.02 Å². The third-order valence-corrected chi connectivity index (χ3v) is 5.09. The Morgan fingerprint density at radius 3 is 2.86 bits per heavy atom. The molecule has 28 heavy (non-hydrogen) atoms. The molecule has 144 valence electrons. The van der Waals surface area contributed by atoms with Crippen LogP contribution in [0.3, 0.4) is 0 Å². The summed E-state index contributed by atoms with van der Waals surface area (Å²) in [5.74, 6) is 0.942. The van der Waals surface area contributed by atoms with Gasteiger partial charge in [-0.1, -0.05) is 59.2 Å². The molecule has 2 amide bonds. The molecule has 1 saturated heterocycles. The molecular formula is C21H21ClN4O2. The number of nitrogens with one attached hydrogen (secondary N) is 1. The van der Waals surface area contributed by atoms with Crippen molar-refractivity contribution in [3.63, 3.8) is 0 Å². The third kappa shape index (κ3) is 4.17. The second kappa shape index (κ2) is 8.44. The van der Waals surface area contributed by atoms with E-state index >= 15 is 0 Å². The predicted octanol–water partition coefficient (Wildman–Crippen LogP) is 4.83. The quantitative estimate of drug-likeness (QED) is 0.685. The number of benzene rings is 2. The topological polar surface area (TPSA) is 71.3 Å². The first-order chi connectivity index (χ1) is 13.7. The van der Waals surface area contributed by atoms with Crippen LogP contribution in [-0.2, 0) is 6.54 Å². The van der Waals surface area contributed by atoms with Crippen LogP contribution in [0.4, 0.5) is 4.79 Å². The Kier molecular flexibility index (Phi) is 5.58. The van der Waals surface area contributed by atoms with E-state index < -0.39 is 0 Å². The molecule has 2 aromatic carbocycles. The average Bonchev–Trinajstić information content (AvgIpc) is 3.23. The number of halogens is 1. The van der Waals surface area contributed by atoms with E-state index in [0.717, 1.165) is 30.4 Å². The van der Waals surface area contributed by atoms with Crippen LogP contribution >= 0.6 is 11.6 Å². The summed E-state index contributed by atoms with van der Waals surface area (Å²) in [4.78, 5) is 19.1. The Balaban J connectivity index is 1.48. The fourth-order valence-corrected chi connectivity index (χ4v) is 3.61. The number of amides is 2. The van der Waals surface area contributed by atoms with E-state index in [2.05, 4.69) is 15.5 Å². The highest BCUT2D eigenvalue weighted by Gasteiger charge is 2.32. The minimum Gasteiger partial charge on any atom is -0.337 e. The van der Waals surface area contributed by atoms with Crippen molar-refractivity contribution in [1.29, 1.82) is 0 Å². The van der Waals surface area contributed by atoms with E-state index in [-0.39, 0.29) is 12.1 Å². The van der Waals surface area contributed by atoms with Gasteiger partial charge in [-0.3, -0.25) is 0 Å². The molecule has 6 nitrogen and oxygen atoms in total. The van der Waals surface area contributed by atoms with Crippen molar-refractivity contribution in [2.75, 3.05) is 6.54 Å². The first-order valence-electron chi connectivity index (χ1n) is 9.38. The molecule has 7 heteroatoms. The molecule has 2 heterocycles. The molecule has 0 bridgehead atoms. The molecule has 1 fully saturated rings. The monoisotopic (exact) mass is 396 g/mol. The minimum atomic E-state index is -0.218. The zero-order valence-corrected chi connectivity index (χ0v) is 16.1. The zero-order chi connectivity index (χ0) is 19.3. The van der Waals surface area contributed by atoms with Crippen LogP contribution < -0.4 is 5.32 Å². The summed E-state index contributed by atoms with van der Waals surface area (Å²) in [5, 5.41) is 7.70. The molecule has 0 saturated carbocycles. The zero-order valence-electron chi connectivity index (χ0n) is 15.3. The number of piperidine rings is 1. The average molecular weight is 397 g/mol. The van der Waals surface area contributed by atoms with Gasteiger partial charge in [0.15, 0.2) is 0 Å². The number of urea groups is 1. The van der Waals surface area contributed by atoms with Crippen molar-refractivity contribution >= 4 is 17.6 Å². The Labute approximate surface area is 168 Å². The summed E-state index contributed by atoms with van der Waals surface area (Å²) in [5.41, 5.74) is 1.85. The number of carbonyl (C=O) groups is 1. The van der Waals surface area contributed by atoms with Crippen molar-refractivity contribution in [3.8, 4) is 11.4 Å². The standard InChI is InChI=1S/C21H21ClN4O2/c22-17-10-6-9-16(13-17)19-24-20(28-25-19)18-11-4-5-12-26(18)21(27)23-14-15-7-2-1-3-8-15/h1-3,6-10,13,18H,4-5,11-12,14H2,(H,23,27). The second-order valence-electron chi connectivity index (χ2n) is 6.82. The summed E-state index contributed by atoms with van der Waals surface area (Å²) in [7, 11) is 0. The van der Waals surface area contributed by atoms with Gasteiger partial charge >= 0.3 is 6.03 Å². The molecule has 0 radical (unpaired) electrons. The summed E-state index contributed by atoms with van der Waals surface area (Å²) in [6, 6.07) is 16.8. The molecule has 1 unspecified atom stereocenters. The van der Waals surface area contributed by atoms with Crippen LogP contribution in [-0.4, -0.2) is 27.6 Å². The van der Waals surface area contributed by atoms with Crippen LogP contribution in [0, 0.1) is 0 Å². The van der Waals surface area contributed by atoms with E-state index in [1.807, 2.05) is 42.5 Å². The van der Waals surface area contributed by atoms with Gasteiger partial charge in [0.25, 0.3) is 0 Å². The fourth-order valence-electron chi connectivity index (χ4n) is 3.42. The molecule has 0 aliphatic carbocycles.